The van der Waals surface area contributed by atoms with E-state index in [1.165, 1.54) is 11.3 Å². The number of rotatable bonds is 6. The summed E-state index contributed by atoms with van der Waals surface area (Å²) < 4.78 is 6.07. The van der Waals surface area contributed by atoms with E-state index in [0.717, 1.165) is 45.0 Å². The highest BCUT2D eigenvalue weighted by Crippen LogP contribution is 2.34. The summed E-state index contributed by atoms with van der Waals surface area (Å²) in [7, 11) is 0. The van der Waals surface area contributed by atoms with Gasteiger partial charge in [0.05, 0.1) is 6.10 Å². The maximum atomic E-state index is 6.07. The van der Waals surface area contributed by atoms with Crippen molar-refractivity contribution in [1.82, 2.24) is 10.6 Å². The fraction of sp³-hybridized carbons (Fsp3) is 0.737. The molecule has 1 aromatic heterocycles. The summed E-state index contributed by atoms with van der Waals surface area (Å²) in [4.78, 5) is 6.25. The molecule has 25 heavy (non-hydrogen) atoms. The van der Waals surface area contributed by atoms with Gasteiger partial charge in [-0.2, -0.15) is 0 Å². The first kappa shape index (κ1) is 22.7. The number of aliphatic imine (C=N–C) groups is 1. The molecule has 2 unspecified atom stereocenters. The molecule has 0 saturated carbocycles. The zero-order valence-corrected chi connectivity index (χ0v) is 19.2. The first-order valence-corrected chi connectivity index (χ1v) is 10.0. The Morgan fingerprint density at radius 3 is 2.80 bits per heavy atom. The van der Waals surface area contributed by atoms with E-state index in [0.29, 0.717) is 12.0 Å². The van der Waals surface area contributed by atoms with Gasteiger partial charge >= 0.3 is 0 Å². The van der Waals surface area contributed by atoms with E-state index in [1.807, 2.05) is 11.3 Å². The monoisotopic (exact) mass is 479 g/mol. The minimum atomic E-state index is 0. The summed E-state index contributed by atoms with van der Waals surface area (Å²) in [6.45, 7) is 12.4. The molecule has 0 radical (unpaired) electrons. The number of ether oxygens (including phenoxy) is 1. The zero-order chi connectivity index (χ0) is 17.4. The van der Waals surface area contributed by atoms with Gasteiger partial charge in [0.25, 0.3) is 0 Å². The quantitative estimate of drug-likeness (QED) is 0.363. The SMILES string of the molecule is CCNC(=NCC1CCCOC1C(C)(C)C)NCCc1cccs1.I. The van der Waals surface area contributed by atoms with E-state index < -0.39 is 0 Å². The van der Waals surface area contributed by atoms with Crippen molar-refractivity contribution in [2.45, 2.75) is 53.1 Å². The van der Waals surface area contributed by atoms with Gasteiger partial charge < -0.3 is 15.4 Å². The number of thiophene rings is 1. The van der Waals surface area contributed by atoms with Crippen LogP contribution >= 0.6 is 35.3 Å². The van der Waals surface area contributed by atoms with E-state index in [4.69, 9.17) is 9.73 Å². The number of hydrogen-bond acceptors (Lipinski definition) is 3. The molecule has 2 heterocycles. The number of guanidine groups is 1. The van der Waals surface area contributed by atoms with E-state index >= 15 is 0 Å². The van der Waals surface area contributed by atoms with Crippen LogP contribution in [0.15, 0.2) is 22.5 Å². The third-order valence-electron chi connectivity index (χ3n) is 4.37. The topological polar surface area (TPSA) is 45.7 Å². The molecule has 1 fully saturated rings. The van der Waals surface area contributed by atoms with Crippen LogP contribution in [0.3, 0.4) is 0 Å². The van der Waals surface area contributed by atoms with Gasteiger partial charge in [-0.3, -0.25) is 4.99 Å². The number of hydrogen-bond donors (Lipinski definition) is 2. The molecule has 0 spiro atoms. The molecule has 4 nitrogen and oxygen atoms in total. The normalized spacial score (nSPS) is 21.5. The largest absolute Gasteiger partial charge is 0.377 e. The lowest BCUT2D eigenvalue weighted by Crippen LogP contribution is -2.43. The van der Waals surface area contributed by atoms with Crippen molar-refractivity contribution in [2.24, 2.45) is 16.3 Å². The highest BCUT2D eigenvalue weighted by molar-refractivity contribution is 14.0. The molecule has 2 atom stereocenters. The number of nitrogens with one attached hydrogen (secondary N) is 2. The molecule has 1 aliphatic heterocycles. The first-order chi connectivity index (χ1) is 11.5. The first-order valence-electron chi connectivity index (χ1n) is 9.17. The minimum Gasteiger partial charge on any atom is -0.377 e. The van der Waals surface area contributed by atoms with Crippen LogP contribution in [0.2, 0.25) is 0 Å². The predicted molar refractivity (Wildman–Crippen MR) is 119 cm³/mol. The molecule has 0 bridgehead atoms. The van der Waals surface area contributed by atoms with E-state index in [1.54, 1.807) is 0 Å². The third kappa shape index (κ3) is 7.83. The second-order valence-electron chi connectivity index (χ2n) is 7.54. The Labute approximate surface area is 174 Å². The van der Waals surface area contributed by atoms with Crippen molar-refractivity contribution in [1.29, 1.82) is 0 Å². The van der Waals surface area contributed by atoms with Crippen LogP contribution in [0.4, 0.5) is 0 Å². The Bertz CT molecular complexity index is 499. The molecule has 0 aliphatic carbocycles. The van der Waals surface area contributed by atoms with E-state index in [9.17, 15) is 0 Å². The standard InChI is InChI=1S/C19H33N3OS.HI/c1-5-20-18(21-11-10-16-9-7-13-24-16)22-14-15-8-6-12-23-17(15)19(2,3)4;/h7,9,13,15,17H,5-6,8,10-12,14H2,1-4H3,(H2,20,21,22);1H. The summed E-state index contributed by atoms with van der Waals surface area (Å²) in [5.41, 5.74) is 0.172. The number of nitrogens with zero attached hydrogens (tertiary/aromatic N) is 1. The average molecular weight is 479 g/mol. The third-order valence-corrected chi connectivity index (χ3v) is 5.31. The smallest absolute Gasteiger partial charge is 0.191 e. The summed E-state index contributed by atoms with van der Waals surface area (Å²) in [5, 5.41) is 8.94. The molecule has 1 aliphatic rings. The van der Waals surface area contributed by atoms with Crippen molar-refractivity contribution in [2.75, 3.05) is 26.2 Å². The van der Waals surface area contributed by atoms with Crippen molar-refractivity contribution in [3.05, 3.63) is 22.4 Å². The van der Waals surface area contributed by atoms with E-state index in [2.05, 4.69) is 55.8 Å². The van der Waals surface area contributed by atoms with E-state index in [-0.39, 0.29) is 29.4 Å². The Balaban J connectivity index is 0.00000312. The molecule has 0 amide bonds. The maximum Gasteiger partial charge on any atom is 0.191 e. The van der Waals surface area contributed by atoms with Gasteiger partial charge in [0.15, 0.2) is 5.96 Å². The predicted octanol–water partition coefficient (Wildman–Crippen LogP) is 4.31. The second kappa shape index (κ2) is 11.4. The molecule has 144 valence electrons. The summed E-state index contributed by atoms with van der Waals surface area (Å²) in [6, 6.07) is 4.29. The zero-order valence-electron chi connectivity index (χ0n) is 16.0. The van der Waals surface area contributed by atoms with Crippen LogP contribution in [0.1, 0.15) is 45.4 Å². The molecule has 2 N–H and O–H groups in total. The molecule has 1 saturated heterocycles. The fourth-order valence-electron chi connectivity index (χ4n) is 3.30. The van der Waals surface area contributed by atoms with Gasteiger partial charge in [-0.05, 0) is 43.0 Å². The van der Waals surface area contributed by atoms with Crippen LogP contribution in [-0.2, 0) is 11.2 Å². The maximum absolute atomic E-state index is 6.07. The molecular weight excluding hydrogens is 445 g/mol. The van der Waals surface area contributed by atoms with Crippen LogP contribution in [0.25, 0.3) is 0 Å². The van der Waals surface area contributed by atoms with Gasteiger partial charge in [-0.1, -0.05) is 26.8 Å². The Kier molecular flexibility index (Phi) is 10.3. The van der Waals surface area contributed by atoms with Gasteiger partial charge in [0, 0.05) is 37.0 Å². The lowest BCUT2D eigenvalue weighted by Gasteiger charge is -2.39. The fourth-order valence-corrected chi connectivity index (χ4v) is 4.01. The van der Waals surface area contributed by atoms with Crippen molar-refractivity contribution >= 4 is 41.3 Å². The summed E-state index contributed by atoms with van der Waals surface area (Å²) in [6.07, 6.45) is 3.69. The van der Waals surface area contributed by atoms with Crippen LogP contribution in [0, 0.1) is 11.3 Å². The van der Waals surface area contributed by atoms with Crippen LogP contribution in [-0.4, -0.2) is 38.3 Å². The molecule has 2 rings (SSSR count). The minimum absolute atomic E-state index is 0. The van der Waals surface area contributed by atoms with Crippen LogP contribution < -0.4 is 10.6 Å². The summed E-state index contributed by atoms with van der Waals surface area (Å²) >= 11 is 1.81. The second-order valence-corrected chi connectivity index (χ2v) is 8.57. The van der Waals surface area contributed by atoms with Crippen molar-refractivity contribution in [3.63, 3.8) is 0 Å². The molecule has 1 aromatic rings. The highest BCUT2D eigenvalue weighted by Gasteiger charge is 2.35. The molecule has 6 heteroatoms. The Hall–Kier alpha value is -0.340. The van der Waals surface area contributed by atoms with Gasteiger partial charge in [0.2, 0.25) is 0 Å². The van der Waals surface area contributed by atoms with Crippen molar-refractivity contribution in [3.8, 4) is 0 Å². The summed E-state index contributed by atoms with van der Waals surface area (Å²) in [5.74, 6) is 1.43. The molecule has 0 aromatic carbocycles. The Morgan fingerprint density at radius 1 is 1.36 bits per heavy atom. The van der Waals surface area contributed by atoms with Gasteiger partial charge in [0.1, 0.15) is 0 Å². The number of halogens is 1. The molecular formula is C19H34IN3OS. The lowest BCUT2D eigenvalue weighted by molar-refractivity contribution is -0.0823. The average Bonchev–Trinajstić information content (AvgIpc) is 3.05. The van der Waals surface area contributed by atoms with Gasteiger partial charge in [-0.15, -0.1) is 35.3 Å². The van der Waals surface area contributed by atoms with Crippen molar-refractivity contribution < 1.29 is 4.74 Å². The van der Waals surface area contributed by atoms with Crippen LogP contribution in [0.5, 0.6) is 0 Å². The highest BCUT2D eigenvalue weighted by atomic mass is 127. The van der Waals surface area contributed by atoms with Gasteiger partial charge in [-0.25, -0.2) is 0 Å². The Morgan fingerprint density at radius 2 is 2.16 bits per heavy atom. The lowest BCUT2D eigenvalue weighted by atomic mass is 9.78.